The Labute approximate surface area is 134 Å². The van der Waals surface area contributed by atoms with E-state index in [0.29, 0.717) is 19.4 Å². The average molecular weight is 323 g/mol. The third kappa shape index (κ3) is 7.39. The number of nitriles is 1. The number of hydrogen-bond acceptors (Lipinski definition) is 5. The number of pyridine rings is 1. The Morgan fingerprint density at radius 2 is 2.33 bits per heavy atom. The molecule has 0 fully saturated rings. The second-order valence-electron chi connectivity index (χ2n) is 4.95. The van der Waals surface area contributed by atoms with Gasteiger partial charge in [-0.1, -0.05) is 23.8 Å². The van der Waals surface area contributed by atoms with Gasteiger partial charge in [-0.3, -0.25) is 4.79 Å². The number of hydrogen-bond donors (Lipinski definition) is 1. The van der Waals surface area contributed by atoms with Crippen LogP contribution in [0, 0.1) is 16.7 Å². The summed E-state index contributed by atoms with van der Waals surface area (Å²) in [6.45, 7) is 4.52. The molecule has 0 saturated carbocycles. The van der Waals surface area contributed by atoms with E-state index < -0.39 is 0 Å². The number of carbonyl (C=O) groups excluding carboxylic acids is 1. The van der Waals surface area contributed by atoms with Crippen LogP contribution >= 0.6 is 21.6 Å². The van der Waals surface area contributed by atoms with E-state index in [1.165, 1.54) is 0 Å². The lowest BCUT2D eigenvalue weighted by Crippen LogP contribution is -2.27. The minimum absolute atomic E-state index is 0.0216. The Morgan fingerprint density at radius 1 is 1.52 bits per heavy atom. The normalized spacial score (nSPS) is 13.2. The van der Waals surface area contributed by atoms with Gasteiger partial charge >= 0.3 is 0 Å². The number of nitrogens with one attached hydrogen (secondary N) is 1. The first-order chi connectivity index (χ1) is 10.1. The minimum Gasteiger partial charge on any atom is -0.355 e. The molecule has 1 heterocycles. The molecular weight excluding hydrogens is 302 g/mol. The van der Waals surface area contributed by atoms with Crippen LogP contribution in [0.15, 0.2) is 29.4 Å². The summed E-state index contributed by atoms with van der Waals surface area (Å²) in [6.07, 6.45) is 3.57. The topological polar surface area (TPSA) is 65.8 Å². The van der Waals surface area contributed by atoms with Crippen molar-refractivity contribution in [2.45, 2.75) is 38.1 Å². The van der Waals surface area contributed by atoms with Crippen molar-refractivity contribution in [1.82, 2.24) is 10.3 Å². The van der Waals surface area contributed by atoms with Gasteiger partial charge in [0.05, 0.1) is 11.5 Å². The maximum absolute atomic E-state index is 11.7. The van der Waals surface area contributed by atoms with E-state index in [4.69, 9.17) is 5.26 Å². The van der Waals surface area contributed by atoms with Gasteiger partial charge in [0.1, 0.15) is 5.03 Å². The molecule has 0 aliphatic rings. The first-order valence-corrected chi connectivity index (χ1v) is 9.30. The molecule has 0 saturated heterocycles. The summed E-state index contributed by atoms with van der Waals surface area (Å²) >= 11 is 0. The average Bonchev–Trinajstić information content (AvgIpc) is 2.53. The van der Waals surface area contributed by atoms with E-state index in [1.54, 1.807) is 27.8 Å². The van der Waals surface area contributed by atoms with Gasteiger partial charge in [0.25, 0.3) is 0 Å². The van der Waals surface area contributed by atoms with Crippen molar-refractivity contribution in [2.24, 2.45) is 5.41 Å². The van der Waals surface area contributed by atoms with E-state index in [-0.39, 0.29) is 11.3 Å². The third-order valence-electron chi connectivity index (χ3n) is 3.24. The maximum atomic E-state index is 11.7. The van der Waals surface area contributed by atoms with Crippen molar-refractivity contribution in [1.29, 1.82) is 5.26 Å². The molecule has 1 aromatic rings. The highest BCUT2D eigenvalue weighted by Crippen LogP contribution is 2.28. The van der Waals surface area contributed by atoms with Crippen LogP contribution < -0.4 is 5.32 Å². The molecule has 21 heavy (non-hydrogen) atoms. The fraction of sp³-hybridized carbons (Fsp3) is 0.533. The molecule has 1 atom stereocenters. The first-order valence-electron chi connectivity index (χ1n) is 6.98. The van der Waals surface area contributed by atoms with Crippen LogP contribution in [0.5, 0.6) is 0 Å². The molecular formula is C15H21N3OS2. The molecule has 0 bridgehead atoms. The molecule has 0 radical (unpaired) electrons. The van der Waals surface area contributed by atoms with Crippen LogP contribution in [0.4, 0.5) is 0 Å². The highest BCUT2D eigenvalue weighted by Gasteiger charge is 2.22. The van der Waals surface area contributed by atoms with Gasteiger partial charge < -0.3 is 5.32 Å². The number of aromatic nitrogens is 1. The Hall–Kier alpha value is -1.19. The maximum Gasteiger partial charge on any atom is 0.220 e. The lowest BCUT2D eigenvalue weighted by Gasteiger charge is -2.18. The summed E-state index contributed by atoms with van der Waals surface area (Å²) in [5, 5.41) is 12.9. The Balaban J connectivity index is 2.10. The van der Waals surface area contributed by atoms with E-state index >= 15 is 0 Å². The summed E-state index contributed by atoms with van der Waals surface area (Å²) in [4.78, 5) is 15.9. The van der Waals surface area contributed by atoms with Crippen LogP contribution in [0.25, 0.3) is 0 Å². The quantitative estimate of drug-likeness (QED) is 0.555. The zero-order valence-electron chi connectivity index (χ0n) is 12.5. The van der Waals surface area contributed by atoms with E-state index in [0.717, 1.165) is 17.2 Å². The molecule has 0 spiro atoms. The summed E-state index contributed by atoms with van der Waals surface area (Å²) in [6, 6.07) is 8.09. The molecule has 1 rings (SSSR count). The number of amides is 1. The van der Waals surface area contributed by atoms with Crippen molar-refractivity contribution < 1.29 is 4.79 Å². The fourth-order valence-electron chi connectivity index (χ4n) is 1.52. The Kier molecular flexibility index (Phi) is 8.24. The van der Waals surface area contributed by atoms with E-state index in [1.807, 2.05) is 32.0 Å². The molecule has 1 N–H and O–H groups in total. The second kappa shape index (κ2) is 9.69. The monoisotopic (exact) mass is 323 g/mol. The highest BCUT2D eigenvalue weighted by molar-refractivity contribution is 8.76. The predicted molar refractivity (Wildman–Crippen MR) is 88.8 cm³/mol. The van der Waals surface area contributed by atoms with Crippen LogP contribution in [0.2, 0.25) is 0 Å². The van der Waals surface area contributed by atoms with Gasteiger partial charge in [0.2, 0.25) is 5.91 Å². The molecule has 1 aromatic heterocycles. The second-order valence-corrected chi connectivity index (χ2v) is 7.39. The molecule has 0 aliphatic carbocycles. The number of carbonyl (C=O) groups is 1. The zero-order valence-corrected chi connectivity index (χ0v) is 14.1. The van der Waals surface area contributed by atoms with Crippen molar-refractivity contribution in [2.75, 3.05) is 12.3 Å². The zero-order chi connectivity index (χ0) is 15.6. The van der Waals surface area contributed by atoms with Gasteiger partial charge in [-0.2, -0.15) is 5.26 Å². The molecule has 0 aliphatic heterocycles. The Bertz CT molecular complexity index is 476. The van der Waals surface area contributed by atoms with Gasteiger partial charge in [-0.15, -0.1) is 0 Å². The molecule has 4 nitrogen and oxygen atoms in total. The van der Waals surface area contributed by atoms with Gasteiger partial charge in [-0.05, 0) is 42.7 Å². The van der Waals surface area contributed by atoms with Gasteiger partial charge in [-0.25, -0.2) is 4.98 Å². The minimum atomic E-state index is -0.388. The van der Waals surface area contributed by atoms with Gasteiger partial charge in [0.15, 0.2) is 0 Å². The van der Waals surface area contributed by atoms with Crippen molar-refractivity contribution in [3.05, 3.63) is 24.4 Å². The van der Waals surface area contributed by atoms with Crippen LogP contribution in [-0.2, 0) is 4.79 Å². The van der Waals surface area contributed by atoms with Gasteiger partial charge in [0, 0.05) is 24.9 Å². The molecule has 1 amide bonds. The van der Waals surface area contributed by atoms with Crippen LogP contribution in [0.1, 0.15) is 33.1 Å². The highest BCUT2D eigenvalue weighted by atomic mass is 33.1. The lowest BCUT2D eigenvalue weighted by molar-refractivity contribution is -0.121. The first kappa shape index (κ1) is 17.9. The predicted octanol–water partition coefficient (Wildman–Crippen LogP) is 3.66. The standard InChI is InChI=1S/C15H21N3OS2/c1-3-15(2,12-16)8-7-13(19)17-10-11-20-21-14-6-4-5-9-18-14/h4-6,9H,3,7-8,10-11H2,1-2H3,(H,17,19). The SMILES string of the molecule is CCC(C)(C#N)CCC(=O)NCCSSc1ccccn1. The number of rotatable bonds is 9. The third-order valence-corrected chi connectivity index (χ3v) is 5.51. The summed E-state index contributed by atoms with van der Waals surface area (Å²) in [5.41, 5.74) is -0.388. The fourth-order valence-corrected chi connectivity index (χ4v) is 3.31. The summed E-state index contributed by atoms with van der Waals surface area (Å²) < 4.78 is 0. The molecule has 0 aromatic carbocycles. The van der Waals surface area contributed by atoms with Crippen LogP contribution in [0.3, 0.4) is 0 Å². The summed E-state index contributed by atoms with van der Waals surface area (Å²) in [5.74, 6) is 0.851. The number of nitrogens with zero attached hydrogens (tertiary/aromatic N) is 2. The van der Waals surface area contributed by atoms with Crippen molar-refractivity contribution in [3.63, 3.8) is 0 Å². The van der Waals surface area contributed by atoms with E-state index in [2.05, 4.69) is 16.4 Å². The van der Waals surface area contributed by atoms with Crippen LogP contribution in [-0.4, -0.2) is 23.2 Å². The molecule has 1 unspecified atom stereocenters. The smallest absolute Gasteiger partial charge is 0.220 e. The Morgan fingerprint density at radius 3 is 2.95 bits per heavy atom. The molecule has 114 valence electrons. The van der Waals surface area contributed by atoms with Crippen molar-refractivity contribution >= 4 is 27.5 Å². The summed E-state index contributed by atoms with van der Waals surface area (Å²) in [7, 11) is 3.28. The molecule has 6 heteroatoms. The lowest BCUT2D eigenvalue weighted by atomic mass is 9.84. The van der Waals surface area contributed by atoms with Crippen molar-refractivity contribution in [3.8, 4) is 6.07 Å². The van der Waals surface area contributed by atoms with E-state index in [9.17, 15) is 4.79 Å². The largest absolute Gasteiger partial charge is 0.355 e.